The maximum absolute atomic E-state index is 12.5. The summed E-state index contributed by atoms with van der Waals surface area (Å²) in [6, 6.07) is 9.63. The quantitative estimate of drug-likeness (QED) is 0.551. The zero-order valence-electron chi connectivity index (χ0n) is 19.7. The van der Waals surface area contributed by atoms with Gasteiger partial charge in [-0.25, -0.2) is 4.79 Å². The Morgan fingerprint density at radius 2 is 1.85 bits per heavy atom. The smallest absolute Gasteiger partial charge is 0.409 e. The molecule has 9 heteroatoms. The van der Waals surface area contributed by atoms with Crippen molar-refractivity contribution in [1.82, 2.24) is 20.5 Å². The maximum atomic E-state index is 12.5. The summed E-state index contributed by atoms with van der Waals surface area (Å²) >= 11 is 0. The minimum absolute atomic E-state index is 0.0367. The van der Waals surface area contributed by atoms with Crippen LogP contribution >= 0.6 is 0 Å². The van der Waals surface area contributed by atoms with E-state index < -0.39 is 0 Å². The average Bonchev–Trinajstić information content (AvgIpc) is 2.87. The van der Waals surface area contributed by atoms with Gasteiger partial charge in [0.2, 0.25) is 0 Å². The van der Waals surface area contributed by atoms with Crippen LogP contribution in [0.4, 0.5) is 4.79 Å². The molecule has 34 heavy (non-hydrogen) atoms. The molecular weight excluding hydrogens is 436 g/mol. The van der Waals surface area contributed by atoms with E-state index in [2.05, 4.69) is 15.6 Å². The summed E-state index contributed by atoms with van der Waals surface area (Å²) in [6.07, 6.45) is 4.90. The Labute approximate surface area is 199 Å². The number of aromatic nitrogens is 1. The standard InChI is InChI=1S/C25H32N4O5/c1-26-14-19-6-4-3-5-18(19)7-8-21(30)16-28-24(31)20-13-23(17-27-15-20)34-22-9-11-29(12-10-22)25(32)33-2/h3-6,13,15,17,22,26H,7-12,14,16H2,1-2H3,(H,28,31). The number of carbonyl (C=O) groups excluding carboxylic acids is 3. The molecule has 0 atom stereocenters. The van der Waals surface area contributed by atoms with Crippen molar-refractivity contribution in [1.29, 1.82) is 0 Å². The molecule has 1 aliphatic rings. The molecule has 1 fully saturated rings. The number of rotatable bonds is 10. The number of amides is 2. The minimum atomic E-state index is -0.373. The van der Waals surface area contributed by atoms with Crippen LogP contribution in [0.5, 0.6) is 5.75 Å². The van der Waals surface area contributed by atoms with Gasteiger partial charge in [-0.3, -0.25) is 14.6 Å². The van der Waals surface area contributed by atoms with Gasteiger partial charge in [0.25, 0.3) is 5.91 Å². The molecule has 2 heterocycles. The number of piperidine rings is 1. The molecule has 2 N–H and O–H groups in total. The number of nitrogens with one attached hydrogen (secondary N) is 2. The van der Waals surface area contributed by atoms with E-state index in [1.54, 1.807) is 17.2 Å². The van der Waals surface area contributed by atoms with E-state index in [0.29, 0.717) is 50.1 Å². The lowest BCUT2D eigenvalue weighted by Gasteiger charge is -2.31. The van der Waals surface area contributed by atoms with Crippen molar-refractivity contribution >= 4 is 17.8 Å². The summed E-state index contributed by atoms with van der Waals surface area (Å²) in [6.45, 7) is 1.81. The van der Waals surface area contributed by atoms with Crippen molar-refractivity contribution in [2.45, 2.75) is 38.3 Å². The Morgan fingerprint density at radius 1 is 1.12 bits per heavy atom. The van der Waals surface area contributed by atoms with Gasteiger partial charge >= 0.3 is 6.09 Å². The SMILES string of the molecule is CNCc1ccccc1CCC(=O)CNC(=O)c1cncc(OC2CCN(C(=O)OC)CC2)c1. The minimum Gasteiger partial charge on any atom is -0.489 e. The normalized spacial score (nSPS) is 13.9. The number of ether oxygens (including phenoxy) is 2. The first-order chi connectivity index (χ1) is 16.5. The molecule has 0 aliphatic carbocycles. The fourth-order valence-electron chi connectivity index (χ4n) is 3.89. The van der Waals surface area contributed by atoms with Crippen LogP contribution in [-0.4, -0.2) is 67.6 Å². The highest BCUT2D eigenvalue weighted by molar-refractivity contribution is 5.96. The fraction of sp³-hybridized carbons (Fsp3) is 0.440. The molecule has 1 aromatic carbocycles. The van der Waals surface area contributed by atoms with Crippen LogP contribution in [-0.2, 0) is 22.5 Å². The lowest BCUT2D eigenvalue weighted by molar-refractivity contribution is -0.118. The van der Waals surface area contributed by atoms with Gasteiger partial charge in [0.15, 0.2) is 5.78 Å². The number of aryl methyl sites for hydroxylation is 1. The van der Waals surface area contributed by atoms with Crippen LogP contribution in [0.3, 0.4) is 0 Å². The Hall–Kier alpha value is -3.46. The molecule has 0 bridgehead atoms. The molecule has 2 amide bonds. The van der Waals surface area contributed by atoms with Crippen LogP contribution in [0, 0.1) is 0 Å². The summed E-state index contributed by atoms with van der Waals surface area (Å²) in [5.74, 6) is 0.0735. The van der Waals surface area contributed by atoms with Crippen molar-refractivity contribution in [2.75, 3.05) is 33.8 Å². The van der Waals surface area contributed by atoms with Crippen molar-refractivity contribution < 1.29 is 23.9 Å². The second-order valence-electron chi connectivity index (χ2n) is 8.20. The van der Waals surface area contributed by atoms with Gasteiger partial charge < -0.3 is 25.0 Å². The van der Waals surface area contributed by atoms with Gasteiger partial charge in [-0.2, -0.15) is 0 Å². The Morgan fingerprint density at radius 3 is 2.56 bits per heavy atom. The van der Waals surface area contributed by atoms with Crippen LogP contribution in [0.1, 0.15) is 40.7 Å². The average molecular weight is 469 g/mol. The van der Waals surface area contributed by atoms with Gasteiger partial charge in [0.05, 0.1) is 25.4 Å². The van der Waals surface area contributed by atoms with Crippen molar-refractivity contribution in [3.8, 4) is 5.75 Å². The molecule has 2 aromatic rings. The third-order valence-corrected chi connectivity index (χ3v) is 5.76. The number of hydrogen-bond acceptors (Lipinski definition) is 7. The summed E-state index contributed by atoms with van der Waals surface area (Å²) in [4.78, 5) is 42.2. The molecular formula is C25H32N4O5. The molecule has 0 spiro atoms. The molecule has 1 aromatic heterocycles. The zero-order valence-corrected chi connectivity index (χ0v) is 19.7. The van der Waals surface area contributed by atoms with Crippen molar-refractivity contribution in [3.05, 3.63) is 59.4 Å². The van der Waals surface area contributed by atoms with E-state index in [1.807, 2.05) is 31.3 Å². The van der Waals surface area contributed by atoms with Crippen LogP contribution in [0.25, 0.3) is 0 Å². The van der Waals surface area contributed by atoms with Crippen LogP contribution < -0.4 is 15.4 Å². The number of Topliss-reactive ketones (excluding diaryl/α,β-unsaturated/α-hetero) is 1. The second kappa shape index (κ2) is 12.7. The first-order valence-corrected chi connectivity index (χ1v) is 11.5. The van der Waals surface area contributed by atoms with Gasteiger partial charge in [-0.05, 0) is 30.7 Å². The zero-order chi connectivity index (χ0) is 24.3. The first-order valence-electron chi connectivity index (χ1n) is 11.5. The fourth-order valence-corrected chi connectivity index (χ4v) is 3.89. The molecule has 0 unspecified atom stereocenters. The third-order valence-electron chi connectivity index (χ3n) is 5.76. The highest BCUT2D eigenvalue weighted by Crippen LogP contribution is 2.20. The van der Waals surface area contributed by atoms with Crippen molar-refractivity contribution in [3.63, 3.8) is 0 Å². The summed E-state index contributed by atoms with van der Waals surface area (Å²) in [5, 5.41) is 5.81. The van der Waals surface area contributed by atoms with Gasteiger partial charge in [0, 0.05) is 45.1 Å². The predicted octanol–water partition coefficient (Wildman–Crippen LogP) is 2.34. The number of nitrogens with zero attached hydrogens (tertiary/aromatic N) is 2. The Balaban J connectivity index is 1.45. The number of pyridine rings is 1. The predicted molar refractivity (Wildman–Crippen MR) is 127 cm³/mol. The summed E-state index contributed by atoms with van der Waals surface area (Å²) in [7, 11) is 3.26. The Bertz CT molecular complexity index is 989. The summed E-state index contributed by atoms with van der Waals surface area (Å²) in [5.41, 5.74) is 2.63. The highest BCUT2D eigenvalue weighted by atomic mass is 16.5. The third kappa shape index (κ3) is 7.28. The number of ketones is 1. The van der Waals surface area contributed by atoms with E-state index in [1.165, 1.54) is 18.9 Å². The highest BCUT2D eigenvalue weighted by Gasteiger charge is 2.24. The van der Waals surface area contributed by atoms with E-state index >= 15 is 0 Å². The van der Waals surface area contributed by atoms with Crippen LogP contribution in [0.2, 0.25) is 0 Å². The number of hydrogen-bond donors (Lipinski definition) is 2. The number of carbonyl (C=O) groups is 3. The lowest BCUT2D eigenvalue weighted by atomic mass is 10.0. The largest absolute Gasteiger partial charge is 0.489 e. The molecule has 1 aliphatic heterocycles. The number of likely N-dealkylation sites (tertiary alicyclic amines) is 1. The van der Waals surface area contributed by atoms with E-state index in [-0.39, 0.29) is 30.4 Å². The summed E-state index contributed by atoms with van der Waals surface area (Å²) < 4.78 is 10.7. The molecule has 0 radical (unpaired) electrons. The lowest BCUT2D eigenvalue weighted by Crippen LogP contribution is -2.41. The molecule has 182 valence electrons. The van der Waals surface area contributed by atoms with Crippen LogP contribution in [0.15, 0.2) is 42.7 Å². The van der Waals surface area contributed by atoms with E-state index in [4.69, 9.17) is 9.47 Å². The van der Waals surface area contributed by atoms with Crippen molar-refractivity contribution in [2.24, 2.45) is 0 Å². The van der Waals surface area contributed by atoms with Gasteiger partial charge in [-0.1, -0.05) is 24.3 Å². The molecule has 9 nitrogen and oxygen atoms in total. The second-order valence-corrected chi connectivity index (χ2v) is 8.20. The van der Waals surface area contributed by atoms with Gasteiger partial charge in [-0.15, -0.1) is 0 Å². The van der Waals surface area contributed by atoms with E-state index in [9.17, 15) is 14.4 Å². The topological polar surface area (TPSA) is 110 Å². The van der Waals surface area contributed by atoms with Gasteiger partial charge in [0.1, 0.15) is 11.9 Å². The molecule has 1 saturated heterocycles. The van der Waals surface area contributed by atoms with E-state index in [0.717, 1.165) is 12.1 Å². The first kappa shape index (κ1) is 25.2. The number of benzene rings is 1. The molecule has 3 rings (SSSR count). The Kier molecular flexibility index (Phi) is 9.40. The number of methoxy groups -OCH3 is 1. The monoisotopic (exact) mass is 468 g/mol. The molecule has 0 saturated carbocycles. The maximum Gasteiger partial charge on any atom is 0.409 e.